The number of para-hydroxylation sites is 1. The lowest BCUT2D eigenvalue weighted by atomic mass is 10.1. The minimum atomic E-state index is -0.380. The summed E-state index contributed by atoms with van der Waals surface area (Å²) in [6, 6.07) is 13.8. The zero-order valence-electron chi connectivity index (χ0n) is 15.5. The van der Waals surface area contributed by atoms with Crippen molar-refractivity contribution in [3.63, 3.8) is 0 Å². The Morgan fingerprint density at radius 2 is 1.73 bits per heavy atom. The second-order valence-electron chi connectivity index (χ2n) is 6.28. The lowest BCUT2D eigenvalue weighted by Gasteiger charge is -2.13. The third-order valence-corrected chi connectivity index (χ3v) is 3.74. The Morgan fingerprint density at radius 1 is 1.04 bits per heavy atom. The Morgan fingerprint density at radius 3 is 2.38 bits per heavy atom. The van der Waals surface area contributed by atoms with Crippen molar-refractivity contribution < 1.29 is 19.1 Å². The Bertz CT molecular complexity index is 738. The Balaban J connectivity index is 2.04. The van der Waals surface area contributed by atoms with E-state index in [-0.39, 0.29) is 11.9 Å². The number of carbonyl (C=O) groups is 2. The number of benzene rings is 2. The molecule has 26 heavy (non-hydrogen) atoms. The van der Waals surface area contributed by atoms with E-state index in [2.05, 4.69) is 19.2 Å². The minimum absolute atomic E-state index is 0.256. The van der Waals surface area contributed by atoms with Gasteiger partial charge in [0.05, 0.1) is 24.3 Å². The number of rotatable bonds is 8. The molecule has 0 heterocycles. The third kappa shape index (κ3) is 5.62. The number of ether oxygens (including phenoxy) is 2. The first-order chi connectivity index (χ1) is 12.5. The van der Waals surface area contributed by atoms with E-state index in [1.807, 2.05) is 6.07 Å². The topological polar surface area (TPSA) is 64.6 Å². The monoisotopic (exact) mass is 355 g/mol. The summed E-state index contributed by atoms with van der Waals surface area (Å²) in [4.78, 5) is 24.2. The lowest BCUT2D eigenvalue weighted by Crippen LogP contribution is -2.14. The summed E-state index contributed by atoms with van der Waals surface area (Å²) in [6.45, 7) is 6.90. The van der Waals surface area contributed by atoms with Crippen LogP contribution in [0.5, 0.6) is 5.75 Å². The number of hydrogen-bond donors (Lipinski definition) is 1. The van der Waals surface area contributed by atoms with E-state index in [1.54, 1.807) is 49.4 Å². The Kier molecular flexibility index (Phi) is 7.21. The van der Waals surface area contributed by atoms with E-state index < -0.39 is 0 Å². The van der Waals surface area contributed by atoms with Crippen molar-refractivity contribution in [2.24, 2.45) is 5.92 Å². The summed E-state index contributed by atoms with van der Waals surface area (Å²) in [6.07, 6.45) is 0.922. The molecular formula is C21H25NO4. The Hall–Kier alpha value is -2.82. The zero-order valence-corrected chi connectivity index (χ0v) is 15.5. The summed E-state index contributed by atoms with van der Waals surface area (Å²) in [5, 5.41) is 2.82. The molecule has 0 saturated carbocycles. The molecule has 2 aromatic carbocycles. The zero-order chi connectivity index (χ0) is 18.9. The number of anilines is 1. The van der Waals surface area contributed by atoms with Gasteiger partial charge in [0.25, 0.3) is 5.91 Å². The molecule has 0 aliphatic rings. The molecule has 0 aliphatic heterocycles. The second kappa shape index (κ2) is 9.61. The van der Waals surface area contributed by atoms with Crippen molar-refractivity contribution in [3.05, 3.63) is 59.7 Å². The van der Waals surface area contributed by atoms with Crippen molar-refractivity contribution in [2.45, 2.75) is 27.2 Å². The second-order valence-corrected chi connectivity index (χ2v) is 6.28. The van der Waals surface area contributed by atoms with Crippen LogP contribution in [0.3, 0.4) is 0 Å². The molecule has 0 saturated heterocycles. The van der Waals surface area contributed by atoms with E-state index in [0.717, 1.165) is 6.42 Å². The van der Waals surface area contributed by atoms with E-state index in [4.69, 9.17) is 9.47 Å². The molecule has 0 bridgehead atoms. The van der Waals surface area contributed by atoms with Crippen LogP contribution in [0, 0.1) is 5.92 Å². The highest BCUT2D eigenvalue weighted by atomic mass is 16.5. The predicted molar refractivity (Wildman–Crippen MR) is 102 cm³/mol. The van der Waals surface area contributed by atoms with Gasteiger partial charge in [0.2, 0.25) is 0 Å². The van der Waals surface area contributed by atoms with Gasteiger partial charge < -0.3 is 14.8 Å². The minimum Gasteiger partial charge on any atom is -0.493 e. The fourth-order valence-electron chi connectivity index (χ4n) is 2.29. The van der Waals surface area contributed by atoms with Crippen LogP contribution in [0.2, 0.25) is 0 Å². The highest BCUT2D eigenvalue weighted by Gasteiger charge is 2.13. The quantitative estimate of drug-likeness (QED) is 0.706. The molecule has 138 valence electrons. The molecule has 0 atom stereocenters. The molecule has 0 aromatic heterocycles. The van der Waals surface area contributed by atoms with Gasteiger partial charge in [-0.2, -0.15) is 0 Å². The van der Waals surface area contributed by atoms with Crippen LogP contribution in [0.25, 0.3) is 0 Å². The van der Waals surface area contributed by atoms with Gasteiger partial charge in [-0.1, -0.05) is 26.0 Å². The molecule has 2 aromatic rings. The van der Waals surface area contributed by atoms with E-state index in [0.29, 0.717) is 41.7 Å². The van der Waals surface area contributed by atoms with Crippen molar-refractivity contribution in [1.82, 2.24) is 0 Å². The summed E-state index contributed by atoms with van der Waals surface area (Å²) in [5.41, 5.74) is 1.52. The summed E-state index contributed by atoms with van der Waals surface area (Å²) >= 11 is 0. The molecule has 5 nitrogen and oxygen atoms in total. The molecule has 1 N–H and O–H groups in total. The molecule has 0 unspecified atom stereocenters. The van der Waals surface area contributed by atoms with Crippen LogP contribution in [0.4, 0.5) is 5.69 Å². The van der Waals surface area contributed by atoms with E-state index in [1.165, 1.54) is 0 Å². The van der Waals surface area contributed by atoms with Gasteiger partial charge in [-0.15, -0.1) is 0 Å². The number of nitrogens with one attached hydrogen (secondary N) is 1. The molecule has 0 fully saturated rings. The van der Waals surface area contributed by atoms with E-state index >= 15 is 0 Å². The van der Waals surface area contributed by atoms with E-state index in [9.17, 15) is 9.59 Å². The number of amides is 1. The predicted octanol–water partition coefficient (Wildman–Crippen LogP) is 4.54. The van der Waals surface area contributed by atoms with Crippen molar-refractivity contribution in [2.75, 3.05) is 18.5 Å². The normalized spacial score (nSPS) is 10.5. The molecule has 0 aliphatic carbocycles. The summed E-state index contributed by atoms with van der Waals surface area (Å²) < 4.78 is 10.7. The lowest BCUT2D eigenvalue weighted by molar-refractivity contribution is 0.0526. The molecule has 2 rings (SSSR count). The molecule has 0 radical (unpaired) electrons. The van der Waals surface area contributed by atoms with Crippen LogP contribution < -0.4 is 10.1 Å². The maximum absolute atomic E-state index is 12.6. The van der Waals surface area contributed by atoms with Gasteiger partial charge in [0.1, 0.15) is 5.75 Å². The van der Waals surface area contributed by atoms with Crippen LogP contribution in [0.15, 0.2) is 48.5 Å². The van der Waals surface area contributed by atoms with Gasteiger partial charge in [0, 0.05) is 5.69 Å². The SMILES string of the molecule is CCOC(=O)c1ccc(NC(=O)c2ccccc2OCCC(C)C)cc1. The Labute approximate surface area is 154 Å². The number of esters is 1. The van der Waals surface area contributed by atoms with Gasteiger partial charge in [0.15, 0.2) is 0 Å². The number of carbonyl (C=O) groups excluding carboxylic acids is 2. The summed E-state index contributed by atoms with van der Waals surface area (Å²) in [7, 11) is 0. The average molecular weight is 355 g/mol. The van der Waals surface area contributed by atoms with Crippen LogP contribution in [-0.4, -0.2) is 25.1 Å². The van der Waals surface area contributed by atoms with Gasteiger partial charge >= 0.3 is 5.97 Å². The highest BCUT2D eigenvalue weighted by molar-refractivity contribution is 6.06. The first-order valence-corrected chi connectivity index (χ1v) is 8.81. The molecule has 1 amide bonds. The molecule has 5 heteroatoms. The molecular weight excluding hydrogens is 330 g/mol. The fourth-order valence-corrected chi connectivity index (χ4v) is 2.29. The highest BCUT2D eigenvalue weighted by Crippen LogP contribution is 2.21. The largest absolute Gasteiger partial charge is 0.493 e. The van der Waals surface area contributed by atoms with Gasteiger partial charge in [-0.25, -0.2) is 4.79 Å². The van der Waals surface area contributed by atoms with Crippen molar-refractivity contribution in [1.29, 1.82) is 0 Å². The summed E-state index contributed by atoms with van der Waals surface area (Å²) in [5.74, 6) is 0.464. The van der Waals surface area contributed by atoms with Crippen molar-refractivity contribution in [3.8, 4) is 5.75 Å². The first kappa shape index (κ1) is 19.5. The smallest absolute Gasteiger partial charge is 0.338 e. The van der Waals surface area contributed by atoms with Crippen LogP contribution >= 0.6 is 0 Å². The average Bonchev–Trinajstić information content (AvgIpc) is 2.62. The van der Waals surface area contributed by atoms with Gasteiger partial charge in [-0.05, 0) is 55.7 Å². The van der Waals surface area contributed by atoms with Crippen LogP contribution in [0.1, 0.15) is 47.9 Å². The van der Waals surface area contributed by atoms with Gasteiger partial charge in [-0.3, -0.25) is 4.79 Å². The van der Waals surface area contributed by atoms with Crippen molar-refractivity contribution >= 4 is 17.6 Å². The maximum atomic E-state index is 12.6. The fraction of sp³-hybridized carbons (Fsp3) is 0.333. The standard InChI is InChI=1S/C21H25NO4/c1-4-25-21(24)16-9-11-17(12-10-16)22-20(23)18-7-5-6-8-19(18)26-14-13-15(2)3/h5-12,15H,4,13-14H2,1-3H3,(H,22,23). The third-order valence-electron chi connectivity index (χ3n) is 3.74. The maximum Gasteiger partial charge on any atom is 0.338 e. The first-order valence-electron chi connectivity index (χ1n) is 8.81. The molecule has 0 spiro atoms. The number of hydrogen-bond acceptors (Lipinski definition) is 4. The van der Waals surface area contributed by atoms with Crippen LogP contribution in [-0.2, 0) is 4.74 Å².